The smallest absolute Gasteiger partial charge is 0.338 e. The molecule has 0 saturated carbocycles. The highest BCUT2D eigenvalue weighted by Gasteiger charge is 2.47. The van der Waals surface area contributed by atoms with Crippen molar-refractivity contribution in [3.05, 3.63) is 71.8 Å². The van der Waals surface area contributed by atoms with Crippen LogP contribution in [0.1, 0.15) is 15.9 Å². The first kappa shape index (κ1) is 19.5. The number of aliphatic hydroxyl groups excluding tert-OH is 3. The van der Waals surface area contributed by atoms with E-state index in [1.54, 1.807) is 30.3 Å². The Bertz CT molecular complexity index is 722. The zero-order chi connectivity index (χ0) is 19.2. The first-order valence-corrected chi connectivity index (χ1v) is 8.64. The Balaban J connectivity index is 1.77. The standard InChI is InChI=1S/C20H22O7/c21-11-15-17(25-12-13-7-3-1-4-8-13)18(16(22)20(24)26-15)27-19(23)14-9-5-2-6-10-14/h1-10,15-18,20-22,24H,11-12H2/t15-,16-,17+,18-,20-/m1/s1. The second-order valence-electron chi connectivity index (χ2n) is 6.24. The lowest BCUT2D eigenvalue weighted by molar-refractivity contribution is -0.295. The van der Waals surface area contributed by atoms with Gasteiger partial charge < -0.3 is 29.5 Å². The van der Waals surface area contributed by atoms with Gasteiger partial charge in [-0.2, -0.15) is 0 Å². The lowest BCUT2D eigenvalue weighted by Gasteiger charge is -2.41. The van der Waals surface area contributed by atoms with Gasteiger partial charge in [0.25, 0.3) is 0 Å². The number of carbonyl (C=O) groups excluding carboxylic acids is 1. The molecule has 2 aromatic carbocycles. The van der Waals surface area contributed by atoms with E-state index < -0.39 is 43.3 Å². The van der Waals surface area contributed by atoms with E-state index in [1.165, 1.54) is 0 Å². The van der Waals surface area contributed by atoms with Crippen LogP contribution >= 0.6 is 0 Å². The maximum atomic E-state index is 12.4. The van der Waals surface area contributed by atoms with Gasteiger partial charge in [-0.15, -0.1) is 0 Å². The average Bonchev–Trinajstić information content (AvgIpc) is 2.71. The van der Waals surface area contributed by atoms with Crippen molar-refractivity contribution in [1.82, 2.24) is 0 Å². The molecule has 3 rings (SSSR count). The van der Waals surface area contributed by atoms with Crippen molar-refractivity contribution >= 4 is 5.97 Å². The fraction of sp³-hybridized carbons (Fsp3) is 0.350. The van der Waals surface area contributed by atoms with Crippen molar-refractivity contribution in [1.29, 1.82) is 0 Å². The van der Waals surface area contributed by atoms with E-state index in [4.69, 9.17) is 14.2 Å². The van der Waals surface area contributed by atoms with Crippen LogP contribution in [0.5, 0.6) is 0 Å². The van der Waals surface area contributed by atoms with Gasteiger partial charge in [-0.05, 0) is 17.7 Å². The van der Waals surface area contributed by atoms with E-state index >= 15 is 0 Å². The van der Waals surface area contributed by atoms with Gasteiger partial charge >= 0.3 is 5.97 Å². The lowest BCUT2D eigenvalue weighted by Crippen LogP contribution is -2.60. The van der Waals surface area contributed by atoms with Crippen LogP contribution in [0.25, 0.3) is 0 Å². The molecule has 0 radical (unpaired) electrons. The maximum absolute atomic E-state index is 12.4. The van der Waals surface area contributed by atoms with Gasteiger partial charge in [0.15, 0.2) is 12.4 Å². The Labute approximate surface area is 156 Å². The Morgan fingerprint density at radius 2 is 1.59 bits per heavy atom. The van der Waals surface area contributed by atoms with Crippen LogP contribution in [0.3, 0.4) is 0 Å². The SMILES string of the molecule is O=C(O[C@@H]1[C@@H](O)[C@H](O)O[C@H](CO)[C@@H]1OCc1ccccc1)c1ccccc1. The minimum absolute atomic E-state index is 0.160. The highest BCUT2D eigenvalue weighted by molar-refractivity contribution is 5.89. The normalized spacial score (nSPS) is 27.9. The summed E-state index contributed by atoms with van der Waals surface area (Å²) in [7, 11) is 0. The van der Waals surface area contributed by atoms with Crippen molar-refractivity contribution in [3.8, 4) is 0 Å². The van der Waals surface area contributed by atoms with E-state index in [0.717, 1.165) is 5.56 Å². The van der Waals surface area contributed by atoms with Crippen molar-refractivity contribution in [2.75, 3.05) is 6.61 Å². The van der Waals surface area contributed by atoms with Crippen LogP contribution in [0.4, 0.5) is 0 Å². The maximum Gasteiger partial charge on any atom is 0.338 e. The number of hydrogen-bond acceptors (Lipinski definition) is 7. The molecule has 1 aliphatic heterocycles. The quantitative estimate of drug-likeness (QED) is 0.644. The molecular weight excluding hydrogens is 352 g/mol. The number of carbonyl (C=O) groups is 1. The molecule has 0 amide bonds. The Morgan fingerprint density at radius 1 is 0.963 bits per heavy atom. The molecule has 0 spiro atoms. The highest BCUT2D eigenvalue weighted by Crippen LogP contribution is 2.26. The minimum atomic E-state index is -1.60. The fourth-order valence-corrected chi connectivity index (χ4v) is 2.92. The van der Waals surface area contributed by atoms with Crippen LogP contribution < -0.4 is 0 Å². The van der Waals surface area contributed by atoms with E-state index in [2.05, 4.69) is 0 Å². The summed E-state index contributed by atoms with van der Waals surface area (Å²) in [6.07, 6.45) is -6.24. The molecule has 7 heteroatoms. The number of rotatable bonds is 6. The predicted molar refractivity (Wildman–Crippen MR) is 94.6 cm³/mol. The third-order valence-corrected chi connectivity index (χ3v) is 4.35. The molecule has 3 N–H and O–H groups in total. The summed E-state index contributed by atoms with van der Waals surface area (Å²) in [4.78, 5) is 12.4. The second-order valence-corrected chi connectivity index (χ2v) is 6.24. The van der Waals surface area contributed by atoms with E-state index in [1.807, 2.05) is 30.3 Å². The Morgan fingerprint density at radius 3 is 2.22 bits per heavy atom. The summed E-state index contributed by atoms with van der Waals surface area (Å²) >= 11 is 0. The van der Waals surface area contributed by atoms with Crippen LogP contribution in [0.15, 0.2) is 60.7 Å². The number of benzene rings is 2. The Kier molecular flexibility index (Phi) is 6.54. The van der Waals surface area contributed by atoms with E-state index in [-0.39, 0.29) is 6.61 Å². The molecule has 1 aliphatic rings. The molecule has 7 nitrogen and oxygen atoms in total. The van der Waals surface area contributed by atoms with Gasteiger partial charge in [-0.1, -0.05) is 48.5 Å². The number of ether oxygens (including phenoxy) is 3. The van der Waals surface area contributed by atoms with Crippen LogP contribution in [0, 0.1) is 0 Å². The average molecular weight is 374 g/mol. The molecule has 0 bridgehead atoms. The van der Waals surface area contributed by atoms with Crippen LogP contribution in [0.2, 0.25) is 0 Å². The predicted octanol–water partition coefficient (Wildman–Crippen LogP) is 0.868. The monoisotopic (exact) mass is 374 g/mol. The summed E-state index contributed by atoms with van der Waals surface area (Å²) in [5.74, 6) is -0.668. The largest absolute Gasteiger partial charge is 0.453 e. The van der Waals surface area contributed by atoms with Crippen molar-refractivity contribution in [2.24, 2.45) is 0 Å². The zero-order valence-corrected chi connectivity index (χ0v) is 14.5. The van der Waals surface area contributed by atoms with Crippen molar-refractivity contribution in [3.63, 3.8) is 0 Å². The van der Waals surface area contributed by atoms with Gasteiger partial charge in [0.05, 0.1) is 18.8 Å². The molecule has 1 heterocycles. The topological polar surface area (TPSA) is 105 Å². The Hall–Kier alpha value is -2.29. The third-order valence-electron chi connectivity index (χ3n) is 4.35. The van der Waals surface area contributed by atoms with Crippen LogP contribution in [-0.4, -0.2) is 58.6 Å². The first-order valence-electron chi connectivity index (χ1n) is 8.64. The minimum Gasteiger partial charge on any atom is -0.453 e. The molecule has 0 unspecified atom stereocenters. The molecular formula is C20H22O7. The first-order chi connectivity index (χ1) is 13.1. The molecule has 144 valence electrons. The fourth-order valence-electron chi connectivity index (χ4n) is 2.92. The molecule has 27 heavy (non-hydrogen) atoms. The third kappa shape index (κ3) is 4.71. The van der Waals surface area contributed by atoms with E-state index in [0.29, 0.717) is 5.56 Å². The number of aliphatic hydroxyl groups is 3. The molecule has 0 aromatic heterocycles. The zero-order valence-electron chi connectivity index (χ0n) is 14.5. The molecule has 5 atom stereocenters. The molecule has 1 saturated heterocycles. The number of esters is 1. The summed E-state index contributed by atoms with van der Waals surface area (Å²) in [5, 5.41) is 29.8. The molecule has 1 fully saturated rings. The summed E-state index contributed by atoms with van der Waals surface area (Å²) in [6.45, 7) is -0.309. The molecule has 0 aliphatic carbocycles. The lowest BCUT2D eigenvalue weighted by atomic mass is 9.98. The summed E-state index contributed by atoms with van der Waals surface area (Å²) in [6, 6.07) is 17.6. The van der Waals surface area contributed by atoms with Crippen molar-refractivity contribution < 1.29 is 34.3 Å². The van der Waals surface area contributed by atoms with Gasteiger partial charge in [-0.25, -0.2) is 4.79 Å². The molecule has 2 aromatic rings. The summed E-state index contributed by atoms with van der Waals surface area (Å²) in [5.41, 5.74) is 1.16. The number of hydrogen-bond donors (Lipinski definition) is 3. The van der Waals surface area contributed by atoms with Crippen molar-refractivity contribution in [2.45, 2.75) is 37.3 Å². The van der Waals surface area contributed by atoms with E-state index in [9.17, 15) is 20.1 Å². The van der Waals surface area contributed by atoms with Gasteiger partial charge in [0.2, 0.25) is 0 Å². The van der Waals surface area contributed by atoms with Gasteiger partial charge in [0.1, 0.15) is 18.3 Å². The summed E-state index contributed by atoms with van der Waals surface area (Å²) < 4.78 is 16.4. The van der Waals surface area contributed by atoms with Gasteiger partial charge in [-0.3, -0.25) is 0 Å². The van der Waals surface area contributed by atoms with Crippen LogP contribution in [-0.2, 0) is 20.8 Å². The highest BCUT2D eigenvalue weighted by atomic mass is 16.7. The van der Waals surface area contributed by atoms with Gasteiger partial charge in [0, 0.05) is 0 Å². The second kappa shape index (κ2) is 9.07.